The van der Waals surface area contributed by atoms with Crippen LogP contribution in [0.4, 0.5) is 17.1 Å². The first-order valence-electron chi connectivity index (χ1n) is 19.3. The van der Waals surface area contributed by atoms with Crippen molar-refractivity contribution in [3.63, 3.8) is 0 Å². The van der Waals surface area contributed by atoms with Crippen molar-refractivity contribution in [1.82, 2.24) is 0 Å². The molecule has 2 heterocycles. The van der Waals surface area contributed by atoms with E-state index in [0.717, 1.165) is 50.1 Å². The van der Waals surface area contributed by atoms with E-state index >= 15 is 0 Å². The van der Waals surface area contributed by atoms with Crippen LogP contribution in [0.5, 0.6) is 0 Å². The Hall–Kier alpha value is -7.20. The molecule has 0 saturated heterocycles. The number of anilines is 3. The van der Waals surface area contributed by atoms with E-state index in [1.54, 1.807) is 0 Å². The SMILES string of the molecule is c1ccc(-c2ccc(-c3ccc(N(c4ccc(-c5ccc6oc7ccccc7c6c5)cc4)c4ccc(-c5cccc6c5sc5ccccc56)cc4)cc3)cc2)cc1. The number of fused-ring (bicyclic) bond motifs is 6. The lowest BCUT2D eigenvalue weighted by Gasteiger charge is -2.26. The summed E-state index contributed by atoms with van der Waals surface area (Å²) < 4.78 is 8.76. The molecule has 2 nitrogen and oxygen atoms in total. The van der Waals surface area contributed by atoms with Gasteiger partial charge in [0.05, 0.1) is 0 Å². The molecule has 268 valence electrons. The number of hydrogen-bond acceptors (Lipinski definition) is 3. The first-order valence-corrected chi connectivity index (χ1v) is 20.1. The second kappa shape index (κ2) is 13.8. The van der Waals surface area contributed by atoms with Crippen molar-refractivity contribution >= 4 is 70.5 Å². The summed E-state index contributed by atoms with van der Waals surface area (Å²) in [7, 11) is 0. The van der Waals surface area contributed by atoms with Gasteiger partial charge < -0.3 is 9.32 Å². The minimum atomic E-state index is 0.908. The van der Waals surface area contributed by atoms with Gasteiger partial charge in [-0.2, -0.15) is 0 Å². The number of nitrogens with zero attached hydrogens (tertiary/aromatic N) is 1. The Morgan fingerprint density at radius 3 is 1.46 bits per heavy atom. The van der Waals surface area contributed by atoms with Gasteiger partial charge >= 0.3 is 0 Å². The van der Waals surface area contributed by atoms with Gasteiger partial charge in [0.15, 0.2) is 0 Å². The zero-order valence-electron chi connectivity index (χ0n) is 31.0. The average Bonchev–Trinajstić information content (AvgIpc) is 3.86. The Morgan fingerprint density at radius 2 is 0.789 bits per heavy atom. The molecule has 0 fully saturated rings. The Labute approximate surface area is 335 Å². The molecule has 0 aliphatic rings. The van der Waals surface area contributed by atoms with Gasteiger partial charge in [0.1, 0.15) is 11.2 Å². The highest BCUT2D eigenvalue weighted by Gasteiger charge is 2.16. The Balaban J connectivity index is 0.960. The normalized spacial score (nSPS) is 11.5. The Kier molecular flexibility index (Phi) is 8.04. The second-order valence-electron chi connectivity index (χ2n) is 14.5. The highest BCUT2D eigenvalue weighted by molar-refractivity contribution is 7.26. The summed E-state index contributed by atoms with van der Waals surface area (Å²) in [5.41, 5.74) is 14.7. The molecule has 11 rings (SSSR count). The molecule has 0 aliphatic carbocycles. The van der Waals surface area contributed by atoms with Crippen LogP contribution in [-0.2, 0) is 0 Å². The smallest absolute Gasteiger partial charge is 0.135 e. The van der Waals surface area contributed by atoms with Crippen LogP contribution >= 0.6 is 11.3 Å². The fourth-order valence-corrected chi connectivity index (χ4v) is 9.45. The quantitative estimate of drug-likeness (QED) is 0.162. The number of benzene rings is 9. The molecule has 3 heteroatoms. The number of hydrogen-bond donors (Lipinski definition) is 0. The van der Waals surface area contributed by atoms with E-state index in [-0.39, 0.29) is 0 Å². The van der Waals surface area contributed by atoms with E-state index in [9.17, 15) is 0 Å². The molecule has 0 bridgehead atoms. The molecule has 2 aromatic heterocycles. The molecule has 0 radical (unpaired) electrons. The number of rotatable bonds is 7. The lowest BCUT2D eigenvalue weighted by molar-refractivity contribution is 0.669. The van der Waals surface area contributed by atoms with Crippen molar-refractivity contribution in [1.29, 1.82) is 0 Å². The van der Waals surface area contributed by atoms with E-state index in [1.165, 1.54) is 53.6 Å². The number of thiophene rings is 1. The van der Waals surface area contributed by atoms with Crippen LogP contribution in [0.15, 0.2) is 217 Å². The topological polar surface area (TPSA) is 16.4 Å². The van der Waals surface area contributed by atoms with Gasteiger partial charge in [0.25, 0.3) is 0 Å². The Morgan fingerprint density at radius 1 is 0.316 bits per heavy atom. The zero-order valence-corrected chi connectivity index (χ0v) is 31.8. The van der Waals surface area contributed by atoms with Crippen LogP contribution in [0.1, 0.15) is 0 Å². The van der Waals surface area contributed by atoms with Crippen molar-refractivity contribution < 1.29 is 4.42 Å². The average molecular weight is 746 g/mol. The summed E-state index contributed by atoms with van der Waals surface area (Å²) in [6.45, 7) is 0. The van der Waals surface area contributed by atoms with Crippen LogP contribution in [0.2, 0.25) is 0 Å². The van der Waals surface area contributed by atoms with Crippen LogP contribution < -0.4 is 4.90 Å². The third kappa shape index (κ3) is 5.97. The van der Waals surface area contributed by atoms with Gasteiger partial charge in [0.2, 0.25) is 0 Å². The molecular formula is C54H35NOS. The Bertz CT molecular complexity index is 3190. The molecule has 57 heavy (non-hydrogen) atoms. The fraction of sp³-hybridized carbons (Fsp3) is 0. The maximum absolute atomic E-state index is 6.12. The third-order valence-corrected chi connectivity index (χ3v) is 12.3. The van der Waals surface area contributed by atoms with E-state index in [2.05, 4.69) is 205 Å². The van der Waals surface area contributed by atoms with E-state index < -0.39 is 0 Å². The monoisotopic (exact) mass is 745 g/mol. The molecule has 9 aromatic carbocycles. The van der Waals surface area contributed by atoms with Crippen molar-refractivity contribution in [3.8, 4) is 44.5 Å². The largest absolute Gasteiger partial charge is 0.456 e. The minimum absolute atomic E-state index is 0.908. The fourth-order valence-electron chi connectivity index (χ4n) is 8.21. The van der Waals surface area contributed by atoms with E-state index in [0.29, 0.717) is 0 Å². The molecule has 0 saturated carbocycles. The van der Waals surface area contributed by atoms with E-state index in [4.69, 9.17) is 4.42 Å². The predicted molar refractivity (Wildman–Crippen MR) is 243 cm³/mol. The minimum Gasteiger partial charge on any atom is -0.456 e. The molecule has 11 aromatic rings. The summed E-state index contributed by atoms with van der Waals surface area (Å²) in [5, 5.41) is 4.91. The molecular weight excluding hydrogens is 711 g/mol. The maximum Gasteiger partial charge on any atom is 0.135 e. The zero-order chi connectivity index (χ0) is 37.7. The summed E-state index contributed by atoms with van der Waals surface area (Å²) in [4.78, 5) is 2.35. The standard InChI is InChI=1S/C54H35NOS/c1-2-9-36(10-3-1)37-17-19-38(20-18-37)39-21-28-43(29-22-39)55(44-30-23-40(24-31-44)42-27-34-52-50(35-42)47-11-4-6-15-51(47)56-52)45-32-25-41(26-33-45)46-13-8-14-49-48-12-5-7-16-53(48)57-54(46)49/h1-35H. The summed E-state index contributed by atoms with van der Waals surface area (Å²) in [6.07, 6.45) is 0. The first kappa shape index (κ1) is 33.2. The molecule has 0 spiro atoms. The summed E-state index contributed by atoms with van der Waals surface area (Å²) in [6, 6.07) is 76.4. The lowest BCUT2D eigenvalue weighted by Crippen LogP contribution is -2.09. The van der Waals surface area contributed by atoms with Crippen LogP contribution in [0, 0.1) is 0 Å². The van der Waals surface area contributed by atoms with Crippen molar-refractivity contribution in [3.05, 3.63) is 212 Å². The lowest BCUT2D eigenvalue weighted by atomic mass is 9.99. The third-order valence-electron chi connectivity index (χ3n) is 11.1. The van der Waals surface area contributed by atoms with Gasteiger partial charge in [-0.1, -0.05) is 152 Å². The maximum atomic E-state index is 6.12. The molecule has 0 N–H and O–H groups in total. The molecule has 0 unspecified atom stereocenters. The second-order valence-corrected chi connectivity index (χ2v) is 15.6. The van der Waals surface area contributed by atoms with Gasteiger partial charge in [-0.05, 0) is 105 Å². The van der Waals surface area contributed by atoms with Gasteiger partial charge in [0, 0.05) is 48.0 Å². The van der Waals surface area contributed by atoms with Crippen molar-refractivity contribution in [2.24, 2.45) is 0 Å². The number of para-hydroxylation sites is 1. The van der Waals surface area contributed by atoms with Crippen LogP contribution in [-0.4, -0.2) is 0 Å². The van der Waals surface area contributed by atoms with Crippen LogP contribution in [0.25, 0.3) is 86.6 Å². The highest BCUT2D eigenvalue weighted by Crippen LogP contribution is 2.42. The van der Waals surface area contributed by atoms with Gasteiger partial charge in [-0.15, -0.1) is 11.3 Å². The van der Waals surface area contributed by atoms with Gasteiger partial charge in [-0.25, -0.2) is 0 Å². The first-order chi connectivity index (χ1) is 28.2. The van der Waals surface area contributed by atoms with Crippen LogP contribution in [0.3, 0.4) is 0 Å². The van der Waals surface area contributed by atoms with Crippen molar-refractivity contribution in [2.45, 2.75) is 0 Å². The molecule has 0 atom stereocenters. The summed E-state index contributed by atoms with van der Waals surface area (Å²) in [5.74, 6) is 0. The summed E-state index contributed by atoms with van der Waals surface area (Å²) >= 11 is 1.87. The molecule has 0 amide bonds. The highest BCUT2D eigenvalue weighted by atomic mass is 32.1. The van der Waals surface area contributed by atoms with E-state index in [1.807, 2.05) is 23.5 Å². The predicted octanol–water partition coefficient (Wildman–Crippen LogP) is 16.1. The number of furan rings is 1. The van der Waals surface area contributed by atoms with Crippen molar-refractivity contribution in [2.75, 3.05) is 4.90 Å². The molecule has 0 aliphatic heterocycles. The van der Waals surface area contributed by atoms with Gasteiger partial charge in [-0.3, -0.25) is 0 Å².